The smallest absolute Gasteiger partial charge is 0.197 e. The van der Waals surface area contributed by atoms with Gasteiger partial charge in [0.25, 0.3) is 0 Å². The van der Waals surface area contributed by atoms with E-state index in [1.165, 1.54) is 11.8 Å². The third kappa shape index (κ3) is 6.86. The maximum Gasteiger partial charge on any atom is 0.197 e. The van der Waals surface area contributed by atoms with Gasteiger partial charge < -0.3 is 28.9 Å². The van der Waals surface area contributed by atoms with Crippen molar-refractivity contribution in [1.82, 2.24) is 0 Å². The molecule has 7 heteroatoms. The number of hydrogen-bond donors (Lipinski definition) is 1. The highest BCUT2D eigenvalue weighted by atomic mass is 16.7. The van der Waals surface area contributed by atoms with E-state index in [4.69, 9.17) is 28.9 Å². The van der Waals surface area contributed by atoms with Gasteiger partial charge in [-0.15, -0.1) is 0 Å². The molecule has 31 heavy (non-hydrogen) atoms. The fourth-order valence-corrected chi connectivity index (χ4v) is 4.44. The Kier molecular flexibility index (Phi) is 11.4. The minimum absolute atomic E-state index is 0.184. The summed E-state index contributed by atoms with van der Waals surface area (Å²) in [6.07, 6.45) is 9.95. The standard InChI is InChI=1S/C24H43NO6/c1-19(2)11-15-23(27-5,28-6)20(3)10-9-14-22(4)24(29-7,30-8)16-12-21(18-31-22)13-17-25-26/h11,13,17,20,26H,9-10,12,14-16,18H2,1-8H3/t20?,22-/m0/s1. The summed E-state index contributed by atoms with van der Waals surface area (Å²) in [6.45, 7) is 8.81. The summed E-state index contributed by atoms with van der Waals surface area (Å²) in [5, 5.41) is 11.8. The Morgan fingerprint density at radius 2 is 1.87 bits per heavy atom. The van der Waals surface area contributed by atoms with E-state index < -0.39 is 17.2 Å². The Bertz CT molecular complexity index is 618. The van der Waals surface area contributed by atoms with Gasteiger partial charge in [-0.1, -0.05) is 23.7 Å². The fraction of sp³-hybridized carbons (Fsp3) is 0.792. The lowest BCUT2D eigenvalue weighted by atomic mass is 9.83. The van der Waals surface area contributed by atoms with Gasteiger partial charge in [0.05, 0.1) is 12.8 Å². The van der Waals surface area contributed by atoms with Crippen molar-refractivity contribution in [3.05, 3.63) is 23.3 Å². The lowest BCUT2D eigenvalue weighted by Crippen LogP contribution is -2.56. The number of rotatable bonds is 12. The monoisotopic (exact) mass is 441 g/mol. The van der Waals surface area contributed by atoms with Crippen molar-refractivity contribution in [2.24, 2.45) is 11.1 Å². The van der Waals surface area contributed by atoms with Gasteiger partial charge >= 0.3 is 0 Å². The van der Waals surface area contributed by atoms with E-state index in [0.29, 0.717) is 19.4 Å². The highest BCUT2D eigenvalue weighted by molar-refractivity contribution is 5.71. The van der Waals surface area contributed by atoms with E-state index in [-0.39, 0.29) is 5.92 Å². The minimum atomic E-state index is -0.857. The van der Waals surface area contributed by atoms with E-state index >= 15 is 0 Å². The third-order valence-corrected chi connectivity index (χ3v) is 6.72. The number of methoxy groups -OCH3 is 4. The van der Waals surface area contributed by atoms with Crippen LogP contribution >= 0.6 is 0 Å². The molecule has 0 saturated carbocycles. The van der Waals surface area contributed by atoms with Crippen LogP contribution in [0, 0.1) is 5.92 Å². The molecule has 0 aromatic heterocycles. The summed E-state index contributed by atoms with van der Waals surface area (Å²) in [6, 6.07) is 0. The van der Waals surface area contributed by atoms with E-state index in [2.05, 4.69) is 38.9 Å². The van der Waals surface area contributed by atoms with E-state index in [9.17, 15) is 0 Å². The van der Waals surface area contributed by atoms with Gasteiger partial charge in [-0.05, 0) is 58.1 Å². The van der Waals surface area contributed by atoms with Gasteiger partial charge in [0, 0.05) is 47.2 Å². The maximum atomic E-state index is 8.72. The van der Waals surface area contributed by atoms with Crippen LogP contribution in [0.4, 0.5) is 0 Å². The Morgan fingerprint density at radius 3 is 2.39 bits per heavy atom. The number of allylic oxidation sites excluding steroid dienone is 2. The molecule has 0 radical (unpaired) electrons. The molecule has 0 spiro atoms. The largest absolute Gasteiger partial charge is 0.411 e. The van der Waals surface area contributed by atoms with Gasteiger partial charge in [0.1, 0.15) is 5.60 Å². The molecule has 0 bridgehead atoms. The molecule has 0 aromatic rings. The van der Waals surface area contributed by atoms with Crippen LogP contribution < -0.4 is 0 Å². The molecular weight excluding hydrogens is 398 g/mol. The van der Waals surface area contributed by atoms with E-state index in [0.717, 1.165) is 31.3 Å². The lowest BCUT2D eigenvalue weighted by molar-refractivity contribution is -0.307. The summed E-state index contributed by atoms with van der Waals surface area (Å²) >= 11 is 0. The fourth-order valence-electron chi connectivity index (χ4n) is 4.44. The van der Waals surface area contributed by atoms with Crippen LogP contribution in [0.3, 0.4) is 0 Å². The summed E-state index contributed by atoms with van der Waals surface area (Å²) in [7, 11) is 6.74. The van der Waals surface area contributed by atoms with Crippen molar-refractivity contribution in [2.75, 3.05) is 35.0 Å². The summed E-state index contributed by atoms with van der Waals surface area (Å²) in [4.78, 5) is 0. The lowest BCUT2D eigenvalue weighted by Gasteiger charge is -2.45. The molecule has 2 atom stereocenters. The van der Waals surface area contributed by atoms with Gasteiger partial charge in [-0.2, -0.15) is 0 Å². The van der Waals surface area contributed by atoms with Gasteiger partial charge in [-0.25, -0.2) is 0 Å². The van der Waals surface area contributed by atoms with Crippen molar-refractivity contribution in [3.8, 4) is 0 Å². The van der Waals surface area contributed by atoms with Crippen LogP contribution in [0.15, 0.2) is 28.5 Å². The van der Waals surface area contributed by atoms with E-state index in [1.807, 2.05) is 0 Å². The van der Waals surface area contributed by atoms with Crippen molar-refractivity contribution in [1.29, 1.82) is 0 Å². The average molecular weight is 442 g/mol. The Labute approximate surface area is 188 Å². The quantitative estimate of drug-likeness (QED) is 0.150. The van der Waals surface area contributed by atoms with Crippen LogP contribution in [-0.2, 0) is 23.7 Å². The first-order valence-corrected chi connectivity index (χ1v) is 11.0. The van der Waals surface area contributed by atoms with Gasteiger partial charge in [0.15, 0.2) is 11.6 Å². The number of hydrogen-bond acceptors (Lipinski definition) is 7. The number of oxime groups is 1. The molecule has 1 heterocycles. The first kappa shape index (κ1) is 27.8. The van der Waals surface area contributed by atoms with E-state index in [1.54, 1.807) is 34.5 Å². The highest BCUT2D eigenvalue weighted by Crippen LogP contribution is 2.42. The van der Waals surface area contributed by atoms with Crippen LogP contribution in [0.1, 0.15) is 66.2 Å². The molecule has 1 rings (SSSR count). The average Bonchev–Trinajstić information content (AvgIpc) is 2.90. The summed E-state index contributed by atoms with van der Waals surface area (Å²) in [5.41, 5.74) is 1.64. The second-order valence-electron chi connectivity index (χ2n) is 8.77. The van der Waals surface area contributed by atoms with Crippen LogP contribution in [0.2, 0.25) is 0 Å². The molecule has 1 aliphatic rings. The normalized spacial score (nSPS) is 24.3. The van der Waals surface area contributed by atoms with Crippen molar-refractivity contribution < 1.29 is 28.9 Å². The first-order valence-electron chi connectivity index (χ1n) is 11.0. The SMILES string of the molecule is COC(CC=C(C)C)(OC)C(C)CCC[C@]1(C)OCC(=CC=NO)CCC1(OC)OC. The zero-order chi connectivity index (χ0) is 23.5. The zero-order valence-corrected chi connectivity index (χ0v) is 20.7. The van der Waals surface area contributed by atoms with Crippen molar-refractivity contribution in [2.45, 2.75) is 83.4 Å². The Hall–Kier alpha value is -1.25. The van der Waals surface area contributed by atoms with Crippen LogP contribution in [0.25, 0.3) is 0 Å². The molecule has 1 aliphatic heterocycles. The summed E-state index contributed by atoms with van der Waals surface area (Å²) in [5.74, 6) is -1.32. The van der Waals surface area contributed by atoms with Crippen molar-refractivity contribution in [3.63, 3.8) is 0 Å². The molecule has 0 amide bonds. The topological polar surface area (TPSA) is 78.7 Å². The summed E-state index contributed by atoms with van der Waals surface area (Å²) < 4.78 is 29.8. The Morgan fingerprint density at radius 1 is 1.23 bits per heavy atom. The maximum absolute atomic E-state index is 8.72. The molecule has 1 fully saturated rings. The second-order valence-corrected chi connectivity index (χ2v) is 8.77. The predicted octanol–water partition coefficient (Wildman–Crippen LogP) is 5.08. The second kappa shape index (κ2) is 12.7. The molecule has 0 aromatic carbocycles. The molecular formula is C24H43NO6. The zero-order valence-electron chi connectivity index (χ0n) is 20.7. The third-order valence-electron chi connectivity index (χ3n) is 6.72. The van der Waals surface area contributed by atoms with Crippen molar-refractivity contribution >= 4 is 6.21 Å². The number of nitrogens with zero attached hydrogens (tertiary/aromatic N) is 1. The minimum Gasteiger partial charge on any atom is -0.411 e. The molecule has 7 nitrogen and oxygen atoms in total. The van der Waals surface area contributed by atoms with Crippen LogP contribution in [-0.4, -0.2) is 63.6 Å². The molecule has 1 unspecified atom stereocenters. The highest BCUT2D eigenvalue weighted by Gasteiger charge is 2.51. The Balaban J connectivity index is 2.95. The molecule has 180 valence electrons. The molecule has 0 aliphatic carbocycles. The van der Waals surface area contributed by atoms with Gasteiger partial charge in [-0.3, -0.25) is 0 Å². The molecule has 1 saturated heterocycles. The van der Waals surface area contributed by atoms with Gasteiger partial charge in [0.2, 0.25) is 0 Å². The number of ether oxygens (including phenoxy) is 5. The molecule has 1 N–H and O–H groups in total. The first-order chi connectivity index (χ1) is 14.7. The predicted molar refractivity (Wildman–Crippen MR) is 123 cm³/mol. The van der Waals surface area contributed by atoms with Crippen LogP contribution in [0.5, 0.6) is 0 Å².